The SMILES string of the molecule is CCC1(CC)C(N)CC1OCc1ccccc1F. The third kappa shape index (κ3) is 2.17. The van der Waals surface area contributed by atoms with Crippen molar-refractivity contribution in [2.45, 2.75) is 51.9 Å². The predicted octanol–water partition coefficient (Wildman–Crippen LogP) is 3.25. The number of hydrogen-bond donors (Lipinski definition) is 1. The Morgan fingerprint density at radius 1 is 1.33 bits per heavy atom. The lowest BCUT2D eigenvalue weighted by molar-refractivity contribution is -0.138. The Morgan fingerprint density at radius 2 is 2.00 bits per heavy atom. The molecule has 1 saturated carbocycles. The van der Waals surface area contributed by atoms with Gasteiger partial charge in [-0.05, 0) is 25.3 Å². The molecule has 0 radical (unpaired) electrons. The third-order valence-corrected chi connectivity index (χ3v) is 4.56. The molecule has 2 rings (SSSR count). The van der Waals surface area contributed by atoms with Gasteiger partial charge in [-0.3, -0.25) is 0 Å². The minimum atomic E-state index is -0.195. The molecule has 2 nitrogen and oxygen atoms in total. The van der Waals surface area contributed by atoms with E-state index in [1.54, 1.807) is 12.1 Å². The van der Waals surface area contributed by atoms with Crippen LogP contribution in [0.3, 0.4) is 0 Å². The Balaban J connectivity index is 1.98. The van der Waals surface area contributed by atoms with Crippen molar-refractivity contribution in [2.24, 2.45) is 11.1 Å². The number of rotatable bonds is 5. The van der Waals surface area contributed by atoms with Crippen LogP contribution < -0.4 is 5.73 Å². The molecule has 0 aromatic heterocycles. The zero-order valence-corrected chi connectivity index (χ0v) is 11.2. The molecule has 2 unspecified atom stereocenters. The predicted molar refractivity (Wildman–Crippen MR) is 70.6 cm³/mol. The normalized spacial score (nSPS) is 25.8. The summed E-state index contributed by atoms with van der Waals surface area (Å²) in [6.45, 7) is 4.65. The smallest absolute Gasteiger partial charge is 0.128 e. The van der Waals surface area contributed by atoms with Crippen LogP contribution in [0.4, 0.5) is 4.39 Å². The van der Waals surface area contributed by atoms with E-state index in [4.69, 9.17) is 10.5 Å². The van der Waals surface area contributed by atoms with Gasteiger partial charge in [0.25, 0.3) is 0 Å². The van der Waals surface area contributed by atoms with Crippen molar-refractivity contribution in [1.82, 2.24) is 0 Å². The molecule has 2 atom stereocenters. The number of nitrogens with two attached hydrogens (primary N) is 1. The fraction of sp³-hybridized carbons (Fsp3) is 0.600. The lowest BCUT2D eigenvalue weighted by Gasteiger charge is -2.53. The first-order valence-corrected chi connectivity index (χ1v) is 6.74. The highest BCUT2D eigenvalue weighted by Gasteiger charge is 2.51. The lowest BCUT2D eigenvalue weighted by atomic mass is 9.59. The van der Waals surface area contributed by atoms with E-state index in [0.29, 0.717) is 12.2 Å². The van der Waals surface area contributed by atoms with Gasteiger partial charge >= 0.3 is 0 Å². The average molecular weight is 251 g/mol. The molecule has 0 amide bonds. The molecule has 1 aliphatic carbocycles. The number of ether oxygens (including phenoxy) is 1. The zero-order chi connectivity index (χ0) is 13.2. The molecule has 1 aromatic rings. The molecule has 1 aromatic carbocycles. The highest BCUT2D eigenvalue weighted by Crippen LogP contribution is 2.47. The Hall–Kier alpha value is -0.930. The summed E-state index contributed by atoms with van der Waals surface area (Å²) in [7, 11) is 0. The van der Waals surface area contributed by atoms with E-state index >= 15 is 0 Å². The number of hydrogen-bond acceptors (Lipinski definition) is 2. The van der Waals surface area contributed by atoms with Gasteiger partial charge in [-0.2, -0.15) is 0 Å². The molecular weight excluding hydrogens is 229 g/mol. The summed E-state index contributed by atoms with van der Waals surface area (Å²) in [6, 6.07) is 6.99. The van der Waals surface area contributed by atoms with Gasteiger partial charge in [-0.25, -0.2) is 4.39 Å². The second-order valence-corrected chi connectivity index (χ2v) is 5.17. The van der Waals surface area contributed by atoms with Gasteiger partial charge in [0, 0.05) is 17.0 Å². The molecule has 1 fully saturated rings. The highest BCUT2D eigenvalue weighted by molar-refractivity contribution is 5.16. The molecule has 0 saturated heterocycles. The summed E-state index contributed by atoms with van der Waals surface area (Å²) in [6.07, 6.45) is 3.09. The topological polar surface area (TPSA) is 35.2 Å². The van der Waals surface area contributed by atoms with Gasteiger partial charge in [0.05, 0.1) is 12.7 Å². The second kappa shape index (κ2) is 5.37. The molecule has 2 N–H and O–H groups in total. The van der Waals surface area contributed by atoms with E-state index in [0.717, 1.165) is 19.3 Å². The van der Waals surface area contributed by atoms with Crippen molar-refractivity contribution < 1.29 is 9.13 Å². The first kappa shape index (κ1) is 13.5. The van der Waals surface area contributed by atoms with Crippen molar-refractivity contribution in [3.05, 3.63) is 35.6 Å². The van der Waals surface area contributed by atoms with Crippen molar-refractivity contribution in [3.8, 4) is 0 Å². The minimum absolute atomic E-state index is 0.0885. The maximum absolute atomic E-state index is 13.5. The first-order valence-electron chi connectivity index (χ1n) is 6.74. The third-order valence-electron chi connectivity index (χ3n) is 4.56. The standard InChI is InChI=1S/C15H22FNO/c1-3-15(4-2)13(17)9-14(15)18-10-11-7-5-6-8-12(11)16/h5-8,13-14H,3-4,9-10,17H2,1-2H3. The maximum atomic E-state index is 13.5. The van der Waals surface area contributed by atoms with Crippen LogP contribution in [0.5, 0.6) is 0 Å². The van der Waals surface area contributed by atoms with Gasteiger partial charge in [0.1, 0.15) is 5.82 Å². The summed E-state index contributed by atoms with van der Waals surface area (Å²) >= 11 is 0. The van der Waals surface area contributed by atoms with Gasteiger partial charge in [0.15, 0.2) is 0 Å². The van der Waals surface area contributed by atoms with Crippen molar-refractivity contribution in [2.75, 3.05) is 0 Å². The minimum Gasteiger partial charge on any atom is -0.373 e. The molecule has 0 bridgehead atoms. The van der Waals surface area contributed by atoms with Gasteiger partial charge in [0.2, 0.25) is 0 Å². The van der Waals surface area contributed by atoms with Crippen molar-refractivity contribution in [1.29, 1.82) is 0 Å². The summed E-state index contributed by atoms with van der Waals surface area (Å²) in [5.41, 5.74) is 6.83. The number of halogens is 1. The van der Waals surface area contributed by atoms with Crippen LogP contribution in [0.2, 0.25) is 0 Å². The molecule has 1 aliphatic rings. The van der Waals surface area contributed by atoms with E-state index in [1.807, 2.05) is 6.07 Å². The Labute approximate surface area is 108 Å². The summed E-state index contributed by atoms with van der Waals surface area (Å²) in [5, 5.41) is 0. The van der Waals surface area contributed by atoms with Crippen LogP contribution in [0.25, 0.3) is 0 Å². The molecule has 0 heterocycles. The van der Waals surface area contributed by atoms with E-state index < -0.39 is 0 Å². The molecule has 0 aliphatic heterocycles. The van der Waals surface area contributed by atoms with Gasteiger partial charge in [-0.15, -0.1) is 0 Å². The van der Waals surface area contributed by atoms with Crippen LogP contribution in [0.15, 0.2) is 24.3 Å². The van der Waals surface area contributed by atoms with E-state index in [-0.39, 0.29) is 23.4 Å². The fourth-order valence-corrected chi connectivity index (χ4v) is 3.05. The Morgan fingerprint density at radius 3 is 2.56 bits per heavy atom. The molecule has 3 heteroatoms. The number of benzene rings is 1. The largest absolute Gasteiger partial charge is 0.373 e. The first-order chi connectivity index (χ1) is 8.64. The summed E-state index contributed by atoms with van der Waals surface area (Å²) < 4.78 is 19.4. The molecule has 0 spiro atoms. The second-order valence-electron chi connectivity index (χ2n) is 5.17. The van der Waals surface area contributed by atoms with Crippen LogP contribution in [-0.4, -0.2) is 12.1 Å². The zero-order valence-electron chi connectivity index (χ0n) is 11.2. The van der Waals surface area contributed by atoms with Crippen molar-refractivity contribution >= 4 is 0 Å². The highest BCUT2D eigenvalue weighted by atomic mass is 19.1. The summed E-state index contributed by atoms with van der Waals surface area (Å²) in [4.78, 5) is 0. The van der Waals surface area contributed by atoms with Crippen LogP contribution >= 0.6 is 0 Å². The van der Waals surface area contributed by atoms with E-state index in [9.17, 15) is 4.39 Å². The van der Waals surface area contributed by atoms with Crippen LogP contribution in [-0.2, 0) is 11.3 Å². The van der Waals surface area contributed by atoms with Gasteiger partial charge < -0.3 is 10.5 Å². The Kier molecular flexibility index (Phi) is 4.03. The van der Waals surface area contributed by atoms with Gasteiger partial charge in [-0.1, -0.05) is 32.0 Å². The monoisotopic (exact) mass is 251 g/mol. The van der Waals surface area contributed by atoms with Crippen LogP contribution in [0.1, 0.15) is 38.7 Å². The Bertz CT molecular complexity index is 403. The molecular formula is C15H22FNO. The molecule has 100 valence electrons. The van der Waals surface area contributed by atoms with Crippen LogP contribution in [0, 0.1) is 11.2 Å². The lowest BCUT2D eigenvalue weighted by Crippen LogP contribution is -2.61. The molecule has 18 heavy (non-hydrogen) atoms. The van der Waals surface area contributed by atoms with Crippen molar-refractivity contribution in [3.63, 3.8) is 0 Å². The van der Waals surface area contributed by atoms with E-state index in [1.165, 1.54) is 6.07 Å². The maximum Gasteiger partial charge on any atom is 0.128 e. The average Bonchev–Trinajstić information content (AvgIpc) is 2.37. The summed E-state index contributed by atoms with van der Waals surface area (Å²) in [5.74, 6) is -0.195. The fourth-order valence-electron chi connectivity index (χ4n) is 3.05. The van der Waals surface area contributed by atoms with E-state index in [2.05, 4.69) is 13.8 Å². The quantitative estimate of drug-likeness (QED) is 0.872.